The summed E-state index contributed by atoms with van der Waals surface area (Å²) in [6.45, 7) is 6.57. The number of carbonyl (C=O) groups is 4. The summed E-state index contributed by atoms with van der Waals surface area (Å²) in [6.07, 6.45) is 2.50. The second-order valence-electron chi connectivity index (χ2n) is 5.88. The number of hydrogen-bond acceptors (Lipinski definition) is 8. The van der Waals surface area contributed by atoms with Crippen molar-refractivity contribution in [2.24, 2.45) is 0 Å². The summed E-state index contributed by atoms with van der Waals surface area (Å²) in [5.41, 5.74) is 0.508. The molecule has 2 aromatic heterocycles. The Bertz CT molecular complexity index is 947. The number of thiophene rings is 1. The van der Waals surface area contributed by atoms with Gasteiger partial charge in [-0.2, -0.15) is 5.10 Å². The van der Waals surface area contributed by atoms with Crippen molar-refractivity contribution < 1.29 is 33.8 Å². The summed E-state index contributed by atoms with van der Waals surface area (Å²) in [7, 11) is 0. The van der Waals surface area contributed by atoms with E-state index in [4.69, 9.17) is 14.6 Å². The normalized spacial score (nSPS) is 11.6. The molecule has 2 N–H and O–H groups in total. The molecule has 0 bridgehead atoms. The number of carboxylic acids is 1. The molecule has 156 valence electrons. The van der Waals surface area contributed by atoms with Crippen LogP contribution in [-0.2, 0) is 14.3 Å². The van der Waals surface area contributed by atoms with Gasteiger partial charge in [-0.05, 0) is 33.3 Å². The molecule has 2 aromatic rings. The van der Waals surface area contributed by atoms with Gasteiger partial charge >= 0.3 is 17.9 Å². The Kier molecular flexibility index (Phi) is 7.10. The van der Waals surface area contributed by atoms with E-state index in [1.54, 1.807) is 20.8 Å². The highest BCUT2D eigenvalue weighted by molar-refractivity contribution is 7.18. The van der Waals surface area contributed by atoms with Gasteiger partial charge in [-0.3, -0.25) is 9.48 Å². The topological polar surface area (TPSA) is 137 Å². The number of rotatable bonds is 8. The number of hydrogen-bond donors (Lipinski definition) is 2. The van der Waals surface area contributed by atoms with Gasteiger partial charge in [0.1, 0.15) is 15.9 Å². The molecule has 0 aliphatic rings. The quantitative estimate of drug-likeness (QED) is 0.618. The third-order valence-corrected chi connectivity index (χ3v) is 5.12. The van der Waals surface area contributed by atoms with Crippen molar-refractivity contribution in [3.8, 4) is 0 Å². The van der Waals surface area contributed by atoms with Crippen molar-refractivity contribution in [2.45, 2.75) is 33.7 Å². The Balaban J connectivity index is 2.36. The maximum absolute atomic E-state index is 12.6. The van der Waals surface area contributed by atoms with Crippen LogP contribution in [0.3, 0.4) is 0 Å². The van der Waals surface area contributed by atoms with Crippen molar-refractivity contribution in [2.75, 3.05) is 18.5 Å². The maximum atomic E-state index is 12.6. The molecule has 2 rings (SSSR count). The number of carboxylic acid groups (broad SMARTS) is 1. The minimum atomic E-state index is -1.10. The standard InChI is InChI=1S/C18H21N3O7S/c1-5-27-17(25)12-9(3)13(18(26)28-6-2)29-15(12)20-14(22)11-7-19-21(8-11)10(4)16(23)24/h7-8,10H,5-6H2,1-4H3,(H,20,22)(H,23,24). The molecular weight excluding hydrogens is 402 g/mol. The van der Waals surface area contributed by atoms with Crippen LogP contribution in [-0.4, -0.2) is 51.9 Å². The van der Waals surface area contributed by atoms with E-state index in [2.05, 4.69) is 10.4 Å². The molecule has 2 heterocycles. The molecule has 1 unspecified atom stereocenters. The van der Waals surface area contributed by atoms with Crippen LogP contribution < -0.4 is 5.32 Å². The monoisotopic (exact) mass is 423 g/mol. The predicted octanol–water partition coefficient (Wildman–Crippen LogP) is 2.50. The van der Waals surface area contributed by atoms with Crippen LogP contribution in [0.1, 0.15) is 62.8 Å². The molecule has 10 nitrogen and oxygen atoms in total. The van der Waals surface area contributed by atoms with Crippen molar-refractivity contribution in [1.29, 1.82) is 0 Å². The number of ether oxygens (including phenoxy) is 2. The molecule has 0 fully saturated rings. The summed E-state index contributed by atoms with van der Waals surface area (Å²) in [5, 5.41) is 15.6. The first kappa shape index (κ1) is 22.1. The number of nitrogens with zero attached hydrogens (tertiary/aromatic N) is 2. The Morgan fingerprint density at radius 1 is 1.21 bits per heavy atom. The van der Waals surface area contributed by atoms with Gasteiger partial charge in [-0.15, -0.1) is 11.3 Å². The van der Waals surface area contributed by atoms with Crippen LogP contribution >= 0.6 is 11.3 Å². The minimum Gasteiger partial charge on any atom is -0.480 e. The number of aliphatic carboxylic acids is 1. The fourth-order valence-corrected chi connectivity index (χ4v) is 3.48. The van der Waals surface area contributed by atoms with Crippen molar-refractivity contribution in [3.05, 3.63) is 34.0 Å². The smallest absolute Gasteiger partial charge is 0.348 e. The Labute approximate surface area is 170 Å². The van der Waals surface area contributed by atoms with Gasteiger partial charge in [0.05, 0.1) is 30.5 Å². The molecule has 1 amide bonds. The highest BCUT2D eigenvalue weighted by atomic mass is 32.1. The fourth-order valence-electron chi connectivity index (χ4n) is 2.40. The molecule has 11 heteroatoms. The van der Waals surface area contributed by atoms with Crippen LogP contribution in [0.15, 0.2) is 12.4 Å². The molecule has 1 atom stereocenters. The van der Waals surface area contributed by atoms with Gasteiger partial charge in [0.2, 0.25) is 0 Å². The van der Waals surface area contributed by atoms with Gasteiger partial charge in [-0.1, -0.05) is 0 Å². The molecule has 0 aromatic carbocycles. The van der Waals surface area contributed by atoms with Gasteiger partial charge in [0.15, 0.2) is 0 Å². The average Bonchev–Trinajstić information content (AvgIpc) is 3.26. The van der Waals surface area contributed by atoms with E-state index in [9.17, 15) is 19.2 Å². The molecule has 0 spiro atoms. The average molecular weight is 423 g/mol. The van der Waals surface area contributed by atoms with E-state index in [1.807, 2.05) is 0 Å². The summed E-state index contributed by atoms with van der Waals surface area (Å²) in [5.74, 6) is -3.00. The van der Waals surface area contributed by atoms with Crippen LogP contribution in [0.25, 0.3) is 0 Å². The van der Waals surface area contributed by atoms with E-state index in [1.165, 1.54) is 19.3 Å². The van der Waals surface area contributed by atoms with Crippen molar-refractivity contribution in [1.82, 2.24) is 9.78 Å². The van der Waals surface area contributed by atoms with E-state index < -0.39 is 29.9 Å². The van der Waals surface area contributed by atoms with Crippen LogP contribution in [0.4, 0.5) is 5.00 Å². The van der Waals surface area contributed by atoms with Crippen molar-refractivity contribution >= 4 is 40.2 Å². The fraction of sp³-hybridized carbons (Fsp3) is 0.389. The second kappa shape index (κ2) is 9.32. The summed E-state index contributed by atoms with van der Waals surface area (Å²) in [6, 6.07) is -0.953. The highest BCUT2D eigenvalue weighted by Crippen LogP contribution is 2.34. The lowest BCUT2D eigenvalue weighted by Gasteiger charge is -2.07. The Morgan fingerprint density at radius 3 is 2.41 bits per heavy atom. The van der Waals surface area contributed by atoms with E-state index in [0.717, 1.165) is 16.0 Å². The molecule has 0 radical (unpaired) electrons. The number of carbonyl (C=O) groups excluding carboxylic acids is 3. The van der Waals surface area contributed by atoms with Crippen LogP contribution in [0.5, 0.6) is 0 Å². The molecular formula is C18H21N3O7S. The first-order valence-corrected chi connectivity index (χ1v) is 9.58. The minimum absolute atomic E-state index is 0.0690. The highest BCUT2D eigenvalue weighted by Gasteiger charge is 2.28. The number of esters is 2. The van der Waals surface area contributed by atoms with E-state index >= 15 is 0 Å². The Hall–Kier alpha value is -3.21. The lowest BCUT2D eigenvalue weighted by molar-refractivity contribution is -0.140. The zero-order valence-corrected chi connectivity index (χ0v) is 17.2. The first-order chi connectivity index (χ1) is 13.7. The number of aromatic nitrogens is 2. The zero-order valence-electron chi connectivity index (χ0n) is 16.3. The number of anilines is 1. The number of nitrogens with one attached hydrogen (secondary N) is 1. The lowest BCUT2D eigenvalue weighted by Crippen LogP contribution is -2.16. The molecule has 0 saturated carbocycles. The van der Waals surface area contributed by atoms with Gasteiger partial charge in [0.25, 0.3) is 5.91 Å². The van der Waals surface area contributed by atoms with Gasteiger partial charge in [0, 0.05) is 6.20 Å². The summed E-state index contributed by atoms with van der Waals surface area (Å²) >= 11 is 0.901. The summed E-state index contributed by atoms with van der Waals surface area (Å²) in [4.78, 5) is 48.4. The molecule has 0 saturated heterocycles. The second-order valence-corrected chi connectivity index (χ2v) is 6.90. The third kappa shape index (κ3) is 4.80. The first-order valence-electron chi connectivity index (χ1n) is 8.77. The molecule has 29 heavy (non-hydrogen) atoms. The SMILES string of the molecule is CCOC(=O)c1sc(NC(=O)c2cnn(C(C)C(=O)O)c2)c(C(=O)OCC)c1C. The van der Waals surface area contributed by atoms with E-state index in [-0.39, 0.29) is 34.2 Å². The van der Waals surface area contributed by atoms with Crippen LogP contribution in [0, 0.1) is 6.92 Å². The largest absolute Gasteiger partial charge is 0.480 e. The van der Waals surface area contributed by atoms with Crippen molar-refractivity contribution in [3.63, 3.8) is 0 Å². The van der Waals surface area contributed by atoms with Crippen LogP contribution in [0.2, 0.25) is 0 Å². The Morgan fingerprint density at radius 2 is 1.83 bits per heavy atom. The molecule has 0 aliphatic heterocycles. The predicted molar refractivity (Wildman–Crippen MR) is 103 cm³/mol. The number of amides is 1. The van der Waals surface area contributed by atoms with E-state index in [0.29, 0.717) is 5.56 Å². The third-order valence-electron chi connectivity index (χ3n) is 3.93. The lowest BCUT2D eigenvalue weighted by atomic mass is 10.1. The zero-order chi connectivity index (χ0) is 21.7. The van der Waals surface area contributed by atoms with Gasteiger partial charge < -0.3 is 19.9 Å². The molecule has 0 aliphatic carbocycles. The maximum Gasteiger partial charge on any atom is 0.348 e. The summed E-state index contributed by atoms with van der Waals surface area (Å²) < 4.78 is 11.2. The van der Waals surface area contributed by atoms with Gasteiger partial charge in [-0.25, -0.2) is 14.4 Å².